The van der Waals surface area contributed by atoms with Gasteiger partial charge in [0, 0.05) is 11.8 Å². The molecule has 0 fully saturated rings. The zero-order valence-corrected chi connectivity index (χ0v) is 16.0. The molecule has 1 aliphatic rings. The SMILES string of the molecule is COc1ccc(C2=NN(c3nc(C)cs3)C(c3ccccc3C)C2)cc1. The van der Waals surface area contributed by atoms with Crippen LogP contribution < -0.4 is 9.75 Å². The van der Waals surface area contributed by atoms with Crippen molar-refractivity contribution in [1.82, 2.24) is 4.98 Å². The molecule has 26 heavy (non-hydrogen) atoms. The van der Waals surface area contributed by atoms with Gasteiger partial charge in [0.15, 0.2) is 0 Å². The van der Waals surface area contributed by atoms with Gasteiger partial charge in [-0.15, -0.1) is 11.3 Å². The Balaban J connectivity index is 1.74. The van der Waals surface area contributed by atoms with Crippen molar-refractivity contribution in [2.45, 2.75) is 26.3 Å². The third-order valence-electron chi connectivity index (χ3n) is 4.68. The van der Waals surface area contributed by atoms with Crippen LogP contribution in [0, 0.1) is 13.8 Å². The summed E-state index contributed by atoms with van der Waals surface area (Å²) in [5, 5.41) is 10.1. The van der Waals surface area contributed by atoms with E-state index in [1.807, 2.05) is 19.1 Å². The normalized spacial score (nSPS) is 16.7. The van der Waals surface area contributed by atoms with Crippen LogP contribution >= 0.6 is 11.3 Å². The first kappa shape index (κ1) is 16.8. The fourth-order valence-corrected chi connectivity index (χ4v) is 4.10. The summed E-state index contributed by atoms with van der Waals surface area (Å²) < 4.78 is 5.27. The number of rotatable bonds is 4. The van der Waals surface area contributed by atoms with Gasteiger partial charge in [-0.25, -0.2) is 9.99 Å². The number of benzene rings is 2. The number of ether oxygens (including phenoxy) is 1. The summed E-state index contributed by atoms with van der Waals surface area (Å²) >= 11 is 1.64. The molecule has 0 bridgehead atoms. The van der Waals surface area contributed by atoms with Gasteiger partial charge in [0.2, 0.25) is 5.13 Å². The number of aryl methyl sites for hydroxylation is 2. The second-order valence-electron chi connectivity index (χ2n) is 6.47. The van der Waals surface area contributed by atoms with Crippen LogP contribution in [0.4, 0.5) is 5.13 Å². The molecule has 5 heteroatoms. The first-order valence-electron chi connectivity index (χ1n) is 8.64. The first-order valence-corrected chi connectivity index (χ1v) is 9.52. The second-order valence-corrected chi connectivity index (χ2v) is 7.30. The highest BCUT2D eigenvalue weighted by Crippen LogP contribution is 2.39. The molecule has 1 atom stereocenters. The zero-order chi connectivity index (χ0) is 18.1. The molecule has 3 aromatic rings. The summed E-state index contributed by atoms with van der Waals surface area (Å²) in [6, 6.07) is 16.8. The highest BCUT2D eigenvalue weighted by atomic mass is 32.1. The monoisotopic (exact) mass is 363 g/mol. The Morgan fingerprint density at radius 3 is 2.50 bits per heavy atom. The maximum Gasteiger partial charge on any atom is 0.206 e. The Kier molecular flexibility index (Phi) is 4.47. The molecule has 1 unspecified atom stereocenters. The molecule has 0 N–H and O–H groups in total. The van der Waals surface area contributed by atoms with E-state index >= 15 is 0 Å². The Hall–Kier alpha value is -2.66. The predicted octanol–water partition coefficient (Wildman–Crippen LogP) is 5.12. The molecule has 1 aromatic heterocycles. The topological polar surface area (TPSA) is 37.7 Å². The Labute approximate surface area is 157 Å². The number of anilines is 1. The summed E-state index contributed by atoms with van der Waals surface area (Å²) in [6.07, 6.45) is 0.857. The van der Waals surface area contributed by atoms with Gasteiger partial charge in [0.25, 0.3) is 0 Å². The highest BCUT2D eigenvalue weighted by Gasteiger charge is 2.32. The van der Waals surface area contributed by atoms with Crippen molar-refractivity contribution in [3.63, 3.8) is 0 Å². The molecule has 132 valence electrons. The maximum absolute atomic E-state index is 5.27. The number of methoxy groups -OCH3 is 1. The van der Waals surface area contributed by atoms with Gasteiger partial charge in [-0.05, 0) is 54.8 Å². The Morgan fingerprint density at radius 1 is 1.08 bits per heavy atom. The molecule has 4 nitrogen and oxygen atoms in total. The van der Waals surface area contributed by atoms with Crippen molar-refractivity contribution in [3.05, 3.63) is 76.3 Å². The van der Waals surface area contributed by atoms with E-state index < -0.39 is 0 Å². The molecule has 0 spiro atoms. The number of nitrogens with zero attached hydrogens (tertiary/aromatic N) is 3. The minimum atomic E-state index is 0.166. The number of aromatic nitrogens is 1. The maximum atomic E-state index is 5.27. The molecule has 1 aliphatic heterocycles. The summed E-state index contributed by atoms with van der Waals surface area (Å²) in [6.45, 7) is 4.18. The van der Waals surface area contributed by atoms with Crippen LogP contribution in [-0.2, 0) is 0 Å². The molecule has 4 rings (SSSR count). The van der Waals surface area contributed by atoms with E-state index in [-0.39, 0.29) is 6.04 Å². The van der Waals surface area contributed by atoms with Crippen molar-refractivity contribution in [2.75, 3.05) is 12.1 Å². The standard InChI is InChI=1S/C21H21N3OS/c1-14-6-4-5-7-18(14)20-12-19(16-8-10-17(25-3)11-9-16)23-24(20)21-22-15(2)13-26-21/h4-11,13,20H,12H2,1-3H3. The van der Waals surface area contributed by atoms with Crippen LogP contribution in [0.2, 0.25) is 0 Å². The van der Waals surface area contributed by atoms with Crippen LogP contribution in [-0.4, -0.2) is 17.8 Å². The molecule has 0 radical (unpaired) electrons. The zero-order valence-electron chi connectivity index (χ0n) is 15.1. The van der Waals surface area contributed by atoms with Crippen LogP contribution in [0.25, 0.3) is 0 Å². The lowest BCUT2D eigenvalue weighted by molar-refractivity contribution is 0.415. The third-order valence-corrected chi connectivity index (χ3v) is 5.63. The van der Waals surface area contributed by atoms with Crippen molar-refractivity contribution in [1.29, 1.82) is 0 Å². The lowest BCUT2D eigenvalue weighted by Gasteiger charge is -2.22. The van der Waals surface area contributed by atoms with Crippen molar-refractivity contribution < 1.29 is 4.74 Å². The van der Waals surface area contributed by atoms with E-state index in [4.69, 9.17) is 9.84 Å². The molecular formula is C21H21N3OS. The predicted molar refractivity (Wildman–Crippen MR) is 107 cm³/mol. The van der Waals surface area contributed by atoms with Gasteiger partial charge < -0.3 is 4.74 Å². The summed E-state index contributed by atoms with van der Waals surface area (Å²) in [5.74, 6) is 0.857. The van der Waals surface area contributed by atoms with Gasteiger partial charge in [-0.3, -0.25) is 0 Å². The molecular weight excluding hydrogens is 342 g/mol. The lowest BCUT2D eigenvalue weighted by atomic mass is 9.95. The molecule has 0 amide bonds. The average molecular weight is 363 g/mol. The molecule has 2 heterocycles. The summed E-state index contributed by atoms with van der Waals surface area (Å²) in [4.78, 5) is 4.67. The minimum absolute atomic E-state index is 0.166. The molecule has 0 aliphatic carbocycles. The van der Waals surface area contributed by atoms with Crippen LogP contribution in [0.3, 0.4) is 0 Å². The second kappa shape index (κ2) is 6.92. The van der Waals surface area contributed by atoms with Crippen LogP contribution in [0.15, 0.2) is 59.0 Å². The minimum Gasteiger partial charge on any atom is -0.497 e. The average Bonchev–Trinajstić information content (AvgIpc) is 3.28. The van der Waals surface area contributed by atoms with Gasteiger partial charge in [0.05, 0.1) is 24.6 Å². The van der Waals surface area contributed by atoms with E-state index in [0.717, 1.165) is 34.3 Å². The lowest BCUT2D eigenvalue weighted by Crippen LogP contribution is -2.19. The highest BCUT2D eigenvalue weighted by molar-refractivity contribution is 7.13. The van der Waals surface area contributed by atoms with Gasteiger partial charge in [-0.1, -0.05) is 24.3 Å². The van der Waals surface area contributed by atoms with E-state index in [0.29, 0.717) is 0 Å². The Bertz CT molecular complexity index is 946. The largest absolute Gasteiger partial charge is 0.497 e. The number of hydrogen-bond donors (Lipinski definition) is 0. The summed E-state index contributed by atoms with van der Waals surface area (Å²) in [7, 11) is 1.68. The van der Waals surface area contributed by atoms with E-state index in [2.05, 4.69) is 58.7 Å². The van der Waals surface area contributed by atoms with Crippen molar-refractivity contribution in [3.8, 4) is 5.75 Å². The fourth-order valence-electron chi connectivity index (χ4n) is 3.29. The number of hydrazone groups is 1. The van der Waals surface area contributed by atoms with Crippen molar-refractivity contribution in [2.24, 2.45) is 5.10 Å². The molecule has 0 saturated heterocycles. The van der Waals surface area contributed by atoms with E-state index in [1.54, 1.807) is 18.4 Å². The molecule has 0 saturated carbocycles. The first-order chi connectivity index (χ1) is 12.7. The quantitative estimate of drug-likeness (QED) is 0.645. The molecule has 2 aromatic carbocycles. The fraction of sp³-hybridized carbons (Fsp3) is 0.238. The number of thiazole rings is 1. The van der Waals surface area contributed by atoms with Gasteiger partial charge >= 0.3 is 0 Å². The Morgan fingerprint density at radius 2 is 1.85 bits per heavy atom. The van der Waals surface area contributed by atoms with Gasteiger partial charge in [0.1, 0.15) is 5.75 Å². The third kappa shape index (κ3) is 3.10. The van der Waals surface area contributed by atoms with E-state index in [1.165, 1.54) is 11.1 Å². The van der Waals surface area contributed by atoms with Crippen LogP contribution in [0.5, 0.6) is 5.75 Å². The van der Waals surface area contributed by atoms with E-state index in [9.17, 15) is 0 Å². The number of hydrogen-bond acceptors (Lipinski definition) is 5. The van der Waals surface area contributed by atoms with Crippen molar-refractivity contribution >= 4 is 22.2 Å². The van der Waals surface area contributed by atoms with Gasteiger partial charge in [-0.2, -0.15) is 5.10 Å². The smallest absolute Gasteiger partial charge is 0.206 e. The summed E-state index contributed by atoms with van der Waals surface area (Å²) in [5.41, 5.74) is 5.81. The van der Waals surface area contributed by atoms with Crippen LogP contribution in [0.1, 0.15) is 34.8 Å².